The number of nitrogens with one attached hydrogen (secondary N) is 1. The van der Waals surface area contributed by atoms with Crippen LogP contribution >= 0.6 is 11.3 Å². The highest BCUT2D eigenvalue weighted by atomic mass is 32.1. The minimum atomic E-state index is 0.675. The van der Waals surface area contributed by atoms with Crippen LogP contribution in [0.15, 0.2) is 24.4 Å². The average molecular weight is 296 g/mol. The molecule has 0 radical (unpaired) electrons. The maximum atomic E-state index is 4.77. The van der Waals surface area contributed by atoms with E-state index >= 15 is 0 Å². The van der Waals surface area contributed by atoms with E-state index in [-0.39, 0.29) is 0 Å². The fourth-order valence-electron chi connectivity index (χ4n) is 2.96. The van der Waals surface area contributed by atoms with E-state index in [0.717, 1.165) is 28.6 Å². The highest BCUT2D eigenvalue weighted by Gasteiger charge is 2.21. The van der Waals surface area contributed by atoms with Gasteiger partial charge in [-0.1, -0.05) is 6.07 Å². The predicted octanol–water partition coefficient (Wildman–Crippen LogP) is 3.21. The van der Waals surface area contributed by atoms with E-state index in [0.29, 0.717) is 6.42 Å². The summed E-state index contributed by atoms with van der Waals surface area (Å²) in [6.07, 6.45) is 6.10. The molecule has 106 valence electrons. The Balaban J connectivity index is 1.81. The largest absolute Gasteiger partial charge is 0.372 e. The second-order valence-corrected chi connectivity index (χ2v) is 6.36. The van der Waals surface area contributed by atoms with E-state index in [4.69, 9.17) is 9.97 Å². The summed E-state index contributed by atoms with van der Waals surface area (Å²) < 4.78 is 0. The van der Waals surface area contributed by atoms with Crippen LogP contribution in [0, 0.1) is 0 Å². The molecule has 0 amide bonds. The lowest BCUT2D eigenvalue weighted by Crippen LogP contribution is -2.03. The zero-order valence-corrected chi connectivity index (χ0v) is 12.7. The number of hydrogen-bond donors (Lipinski definition) is 1. The first-order valence-corrected chi connectivity index (χ1v) is 8.05. The monoisotopic (exact) mass is 296 g/mol. The van der Waals surface area contributed by atoms with Crippen LogP contribution in [0.25, 0.3) is 10.2 Å². The smallest absolute Gasteiger partial charge is 0.138 e. The Labute approximate surface area is 127 Å². The number of fused-ring (bicyclic) bond motifs is 3. The van der Waals surface area contributed by atoms with Gasteiger partial charge in [0.1, 0.15) is 16.5 Å². The summed E-state index contributed by atoms with van der Waals surface area (Å²) in [6.45, 7) is 0. The first-order valence-electron chi connectivity index (χ1n) is 7.24. The van der Waals surface area contributed by atoms with Crippen molar-refractivity contribution in [1.29, 1.82) is 0 Å². The predicted molar refractivity (Wildman–Crippen MR) is 86.0 cm³/mol. The molecule has 1 N–H and O–H groups in total. The third kappa shape index (κ3) is 2.17. The number of rotatable bonds is 3. The molecule has 1 aliphatic carbocycles. The van der Waals surface area contributed by atoms with Gasteiger partial charge >= 0.3 is 0 Å². The third-order valence-corrected chi connectivity index (χ3v) is 5.10. The van der Waals surface area contributed by atoms with Gasteiger partial charge in [0.2, 0.25) is 0 Å². The van der Waals surface area contributed by atoms with Crippen LogP contribution in [0.4, 0.5) is 5.82 Å². The Morgan fingerprint density at radius 1 is 1.24 bits per heavy atom. The van der Waals surface area contributed by atoms with Crippen molar-refractivity contribution in [2.45, 2.75) is 25.7 Å². The standard InChI is InChI=1S/C16H16N4S/c1-17-15-14-11-6-4-7-12(11)21-16(14)20-13(19-15)9-10-5-2-3-8-18-10/h2-3,5,8H,4,6-7,9H2,1H3,(H,17,19,20). The third-order valence-electron chi connectivity index (χ3n) is 3.91. The minimum Gasteiger partial charge on any atom is -0.372 e. The van der Waals surface area contributed by atoms with E-state index in [2.05, 4.69) is 10.3 Å². The van der Waals surface area contributed by atoms with Gasteiger partial charge in [0, 0.05) is 23.8 Å². The number of aryl methyl sites for hydroxylation is 2. The molecule has 4 rings (SSSR count). The van der Waals surface area contributed by atoms with Gasteiger partial charge in [-0.05, 0) is 37.0 Å². The maximum Gasteiger partial charge on any atom is 0.138 e. The van der Waals surface area contributed by atoms with Gasteiger partial charge in [-0.3, -0.25) is 4.98 Å². The number of pyridine rings is 1. The van der Waals surface area contributed by atoms with Gasteiger partial charge in [-0.25, -0.2) is 9.97 Å². The van der Waals surface area contributed by atoms with Crippen LogP contribution in [-0.4, -0.2) is 22.0 Å². The molecular weight excluding hydrogens is 280 g/mol. The second kappa shape index (κ2) is 5.07. The van der Waals surface area contributed by atoms with Crippen LogP contribution in [0.1, 0.15) is 28.4 Å². The number of anilines is 1. The highest BCUT2D eigenvalue weighted by Crippen LogP contribution is 2.39. The average Bonchev–Trinajstić information content (AvgIpc) is 3.07. The molecule has 0 aliphatic heterocycles. The zero-order valence-electron chi connectivity index (χ0n) is 11.9. The number of aromatic nitrogens is 3. The fourth-order valence-corrected chi connectivity index (χ4v) is 4.24. The van der Waals surface area contributed by atoms with Crippen LogP contribution in [0.2, 0.25) is 0 Å². The SMILES string of the molecule is CNc1nc(Cc2ccccn2)nc2sc3c(c12)CCC3. The molecule has 3 aromatic rings. The fraction of sp³-hybridized carbons (Fsp3) is 0.312. The minimum absolute atomic E-state index is 0.675. The normalized spacial score (nSPS) is 13.6. The van der Waals surface area contributed by atoms with Gasteiger partial charge in [0.05, 0.1) is 11.8 Å². The van der Waals surface area contributed by atoms with Gasteiger partial charge in [0.15, 0.2) is 0 Å². The van der Waals surface area contributed by atoms with Gasteiger partial charge in [-0.15, -0.1) is 11.3 Å². The van der Waals surface area contributed by atoms with Crippen LogP contribution < -0.4 is 5.32 Å². The van der Waals surface area contributed by atoms with Crippen molar-refractivity contribution in [2.24, 2.45) is 0 Å². The summed E-state index contributed by atoms with van der Waals surface area (Å²) in [7, 11) is 1.94. The summed E-state index contributed by atoms with van der Waals surface area (Å²) in [5.74, 6) is 1.80. The van der Waals surface area contributed by atoms with Crippen LogP contribution in [-0.2, 0) is 19.3 Å². The Kier molecular flexibility index (Phi) is 3.07. The molecule has 21 heavy (non-hydrogen) atoms. The molecule has 4 nitrogen and oxygen atoms in total. The van der Waals surface area contributed by atoms with Crippen LogP contribution in [0.3, 0.4) is 0 Å². The lowest BCUT2D eigenvalue weighted by atomic mass is 10.2. The van der Waals surface area contributed by atoms with E-state index in [1.807, 2.05) is 42.8 Å². The Morgan fingerprint density at radius 3 is 3.00 bits per heavy atom. The summed E-state index contributed by atoms with van der Waals surface area (Å²) in [4.78, 5) is 16.4. The van der Waals surface area contributed by atoms with Crippen molar-refractivity contribution in [3.8, 4) is 0 Å². The number of hydrogen-bond acceptors (Lipinski definition) is 5. The Bertz CT molecular complexity index is 795. The molecule has 0 saturated carbocycles. The van der Waals surface area contributed by atoms with Crippen molar-refractivity contribution in [3.63, 3.8) is 0 Å². The lowest BCUT2D eigenvalue weighted by molar-refractivity contribution is 0.915. The lowest BCUT2D eigenvalue weighted by Gasteiger charge is -2.06. The van der Waals surface area contributed by atoms with E-state index in [1.54, 1.807) is 0 Å². The summed E-state index contributed by atoms with van der Waals surface area (Å²) in [5.41, 5.74) is 2.46. The molecule has 0 saturated heterocycles. The molecule has 0 spiro atoms. The van der Waals surface area contributed by atoms with Gasteiger partial charge < -0.3 is 5.32 Å². The van der Waals surface area contributed by atoms with Crippen molar-refractivity contribution in [2.75, 3.05) is 12.4 Å². The molecule has 1 aliphatic rings. The van der Waals surface area contributed by atoms with Crippen molar-refractivity contribution < 1.29 is 0 Å². The highest BCUT2D eigenvalue weighted by molar-refractivity contribution is 7.19. The first kappa shape index (κ1) is 12.7. The summed E-state index contributed by atoms with van der Waals surface area (Å²) in [5, 5.41) is 4.48. The maximum absolute atomic E-state index is 4.77. The molecule has 0 aromatic carbocycles. The summed E-state index contributed by atoms with van der Waals surface area (Å²) >= 11 is 1.83. The topological polar surface area (TPSA) is 50.7 Å². The molecule has 0 bridgehead atoms. The molecule has 0 unspecified atom stereocenters. The van der Waals surface area contributed by atoms with E-state index < -0.39 is 0 Å². The Morgan fingerprint density at radius 2 is 2.19 bits per heavy atom. The number of nitrogens with zero attached hydrogens (tertiary/aromatic N) is 3. The number of thiophene rings is 1. The Hall–Kier alpha value is -2.01. The summed E-state index contributed by atoms with van der Waals surface area (Å²) in [6, 6.07) is 5.94. The molecule has 3 heterocycles. The second-order valence-electron chi connectivity index (χ2n) is 5.27. The van der Waals surface area contributed by atoms with Crippen molar-refractivity contribution in [3.05, 3.63) is 46.4 Å². The molecule has 0 atom stereocenters. The van der Waals surface area contributed by atoms with Crippen molar-refractivity contribution in [1.82, 2.24) is 15.0 Å². The molecular formula is C16H16N4S. The zero-order chi connectivity index (χ0) is 14.2. The quantitative estimate of drug-likeness (QED) is 0.806. The molecule has 0 fully saturated rings. The van der Waals surface area contributed by atoms with Crippen LogP contribution in [0.5, 0.6) is 0 Å². The van der Waals surface area contributed by atoms with E-state index in [9.17, 15) is 0 Å². The van der Waals surface area contributed by atoms with E-state index in [1.165, 1.54) is 28.7 Å². The van der Waals surface area contributed by atoms with Gasteiger partial charge in [0.25, 0.3) is 0 Å². The molecule has 5 heteroatoms. The van der Waals surface area contributed by atoms with Crippen molar-refractivity contribution >= 4 is 27.4 Å². The first-order chi connectivity index (χ1) is 10.3. The molecule has 3 aromatic heterocycles. The van der Waals surface area contributed by atoms with Gasteiger partial charge in [-0.2, -0.15) is 0 Å².